The first-order valence-electron chi connectivity index (χ1n) is 8.35. The molecule has 4 rings (SSSR count). The van der Waals surface area contributed by atoms with Crippen LogP contribution in [-0.4, -0.2) is 22.8 Å². The largest absolute Gasteiger partial charge is 0.462 e. The molecule has 0 saturated carbocycles. The zero-order valence-electron chi connectivity index (χ0n) is 14.2. The van der Waals surface area contributed by atoms with E-state index in [0.29, 0.717) is 17.6 Å². The van der Waals surface area contributed by atoms with E-state index in [1.807, 2.05) is 42.5 Å². The van der Waals surface area contributed by atoms with Gasteiger partial charge in [-0.05, 0) is 53.1 Å². The Labute approximate surface area is 149 Å². The number of carbonyl (C=O) groups excluding carboxylic acids is 1. The van der Waals surface area contributed by atoms with E-state index >= 15 is 0 Å². The van der Waals surface area contributed by atoms with Gasteiger partial charge < -0.3 is 4.74 Å². The molecule has 0 fully saturated rings. The van der Waals surface area contributed by atoms with Gasteiger partial charge in [-0.2, -0.15) is 5.10 Å². The molecule has 4 aromatic rings. The Hall–Kier alpha value is -3.47. The van der Waals surface area contributed by atoms with Crippen molar-refractivity contribution in [2.75, 3.05) is 6.61 Å². The zero-order valence-corrected chi connectivity index (χ0v) is 14.2. The Balaban J connectivity index is 1.86. The highest BCUT2D eigenvalue weighted by molar-refractivity contribution is 6.02. The minimum Gasteiger partial charge on any atom is -0.462 e. The van der Waals surface area contributed by atoms with Gasteiger partial charge in [-0.1, -0.05) is 30.3 Å². The lowest BCUT2D eigenvalue weighted by Gasteiger charge is -2.09. The number of aromatic nitrogens is 2. The standard InChI is InChI=1S/C21H16N2O3/c1-2-26-21(25)15-7-8-18-13(10-15)4-3-5-17(18)14-6-9-19-16(11-14)12-22-23-20(19)24/h3-12H,2H2,1H3,(H,23,24). The number of hydrogen-bond donors (Lipinski definition) is 1. The van der Waals surface area contributed by atoms with Crippen molar-refractivity contribution >= 4 is 27.5 Å². The Morgan fingerprint density at radius 3 is 2.73 bits per heavy atom. The second-order valence-corrected chi connectivity index (χ2v) is 5.96. The van der Waals surface area contributed by atoms with Crippen LogP contribution in [0.25, 0.3) is 32.7 Å². The molecular weight excluding hydrogens is 328 g/mol. The maximum atomic E-state index is 12.0. The van der Waals surface area contributed by atoms with E-state index in [1.165, 1.54) is 0 Å². The fourth-order valence-corrected chi connectivity index (χ4v) is 3.14. The van der Waals surface area contributed by atoms with Gasteiger partial charge in [0.15, 0.2) is 0 Å². The SMILES string of the molecule is CCOC(=O)c1ccc2c(-c3ccc4c(=O)[nH]ncc4c3)cccc2c1. The maximum absolute atomic E-state index is 12.0. The number of hydrogen-bond acceptors (Lipinski definition) is 4. The first kappa shape index (κ1) is 16.0. The topological polar surface area (TPSA) is 72.1 Å². The summed E-state index contributed by atoms with van der Waals surface area (Å²) in [4.78, 5) is 23.8. The molecule has 0 bridgehead atoms. The van der Waals surface area contributed by atoms with Crippen LogP contribution in [0.4, 0.5) is 0 Å². The number of benzene rings is 3. The summed E-state index contributed by atoms with van der Waals surface area (Å²) in [5, 5.41) is 9.68. The fraction of sp³-hybridized carbons (Fsp3) is 0.0952. The molecule has 5 nitrogen and oxygen atoms in total. The van der Waals surface area contributed by atoms with Gasteiger partial charge in [-0.25, -0.2) is 9.89 Å². The van der Waals surface area contributed by atoms with Gasteiger partial charge in [0.2, 0.25) is 0 Å². The van der Waals surface area contributed by atoms with Crippen molar-refractivity contribution in [3.63, 3.8) is 0 Å². The number of H-pyrrole nitrogens is 1. The predicted octanol–water partition coefficient (Wildman–Crippen LogP) is 3.92. The summed E-state index contributed by atoms with van der Waals surface area (Å²) in [7, 11) is 0. The van der Waals surface area contributed by atoms with Crippen molar-refractivity contribution in [3.05, 3.63) is 76.7 Å². The lowest BCUT2D eigenvalue weighted by atomic mass is 9.96. The van der Waals surface area contributed by atoms with Gasteiger partial charge in [-0.3, -0.25) is 4.79 Å². The third-order valence-corrected chi connectivity index (χ3v) is 4.37. The van der Waals surface area contributed by atoms with Crippen LogP contribution in [0.5, 0.6) is 0 Å². The molecule has 0 spiro atoms. The van der Waals surface area contributed by atoms with Crippen LogP contribution in [0.15, 0.2) is 65.6 Å². The smallest absolute Gasteiger partial charge is 0.338 e. The third-order valence-electron chi connectivity index (χ3n) is 4.37. The summed E-state index contributed by atoms with van der Waals surface area (Å²) in [6.07, 6.45) is 1.64. The molecule has 0 aliphatic carbocycles. The molecule has 0 amide bonds. The third kappa shape index (κ3) is 2.73. The van der Waals surface area contributed by atoms with Crippen LogP contribution in [-0.2, 0) is 4.74 Å². The number of rotatable bonds is 3. The highest BCUT2D eigenvalue weighted by atomic mass is 16.5. The van der Waals surface area contributed by atoms with Crippen LogP contribution in [0.2, 0.25) is 0 Å². The van der Waals surface area contributed by atoms with Crippen molar-refractivity contribution in [1.82, 2.24) is 10.2 Å². The summed E-state index contributed by atoms with van der Waals surface area (Å²) < 4.78 is 5.07. The Morgan fingerprint density at radius 2 is 1.88 bits per heavy atom. The average Bonchev–Trinajstić information content (AvgIpc) is 2.67. The molecule has 5 heteroatoms. The number of nitrogens with one attached hydrogen (secondary N) is 1. The van der Waals surface area contributed by atoms with Crippen LogP contribution in [0, 0.1) is 0 Å². The van der Waals surface area contributed by atoms with Crippen LogP contribution >= 0.6 is 0 Å². The van der Waals surface area contributed by atoms with Gasteiger partial charge in [0, 0.05) is 5.39 Å². The fourth-order valence-electron chi connectivity index (χ4n) is 3.14. The van der Waals surface area contributed by atoms with E-state index in [0.717, 1.165) is 27.3 Å². The van der Waals surface area contributed by atoms with Crippen molar-refractivity contribution < 1.29 is 9.53 Å². The lowest BCUT2D eigenvalue weighted by molar-refractivity contribution is 0.0526. The molecule has 0 atom stereocenters. The van der Waals surface area contributed by atoms with Crippen LogP contribution in [0.1, 0.15) is 17.3 Å². The molecule has 0 aliphatic rings. The number of fused-ring (bicyclic) bond motifs is 2. The molecule has 128 valence electrons. The first-order chi connectivity index (χ1) is 12.7. The first-order valence-corrected chi connectivity index (χ1v) is 8.35. The minimum absolute atomic E-state index is 0.203. The summed E-state index contributed by atoms with van der Waals surface area (Å²) in [6.45, 7) is 2.14. The van der Waals surface area contributed by atoms with Crippen molar-refractivity contribution in [2.24, 2.45) is 0 Å². The molecule has 0 aliphatic heterocycles. The molecule has 1 N–H and O–H groups in total. The Morgan fingerprint density at radius 1 is 1.04 bits per heavy atom. The lowest BCUT2D eigenvalue weighted by Crippen LogP contribution is -2.07. The second kappa shape index (κ2) is 6.44. The van der Waals surface area contributed by atoms with Gasteiger partial charge in [0.05, 0.1) is 23.8 Å². The van der Waals surface area contributed by atoms with E-state index in [1.54, 1.807) is 25.3 Å². The van der Waals surface area contributed by atoms with E-state index < -0.39 is 0 Å². The van der Waals surface area contributed by atoms with E-state index in [2.05, 4.69) is 10.2 Å². The second-order valence-electron chi connectivity index (χ2n) is 5.96. The number of ether oxygens (including phenoxy) is 1. The molecule has 1 aromatic heterocycles. The Bertz CT molecular complexity index is 1190. The Kier molecular flexibility index (Phi) is 3.97. The molecule has 0 unspecified atom stereocenters. The number of aromatic amines is 1. The predicted molar refractivity (Wildman–Crippen MR) is 101 cm³/mol. The van der Waals surface area contributed by atoms with Gasteiger partial charge in [0.1, 0.15) is 0 Å². The highest BCUT2D eigenvalue weighted by Crippen LogP contribution is 2.30. The normalized spacial score (nSPS) is 11.0. The average molecular weight is 344 g/mol. The van der Waals surface area contributed by atoms with Crippen molar-refractivity contribution in [1.29, 1.82) is 0 Å². The molecule has 0 radical (unpaired) electrons. The minimum atomic E-state index is -0.323. The molecule has 0 saturated heterocycles. The van der Waals surface area contributed by atoms with E-state index in [4.69, 9.17) is 4.74 Å². The van der Waals surface area contributed by atoms with Crippen LogP contribution in [0.3, 0.4) is 0 Å². The van der Waals surface area contributed by atoms with Gasteiger partial charge >= 0.3 is 5.97 Å². The van der Waals surface area contributed by atoms with Gasteiger partial charge in [0.25, 0.3) is 5.56 Å². The summed E-state index contributed by atoms with van der Waals surface area (Å²) in [5.74, 6) is -0.323. The van der Waals surface area contributed by atoms with Gasteiger partial charge in [-0.15, -0.1) is 0 Å². The summed E-state index contributed by atoms with van der Waals surface area (Å²) in [6, 6.07) is 17.2. The molecule has 26 heavy (non-hydrogen) atoms. The summed E-state index contributed by atoms with van der Waals surface area (Å²) in [5.41, 5.74) is 2.34. The highest BCUT2D eigenvalue weighted by Gasteiger charge is 2.10. The van der Waals surface area contributed by atoms with Crippen LogP contribution < -0.4 is 5.56 Å². The molecule has 3 aromatic carbocycles. The van der Waals surface area contributed by atoms with E-state index in [-0.39, 0.29) is 11.5 Å². The maximum Gasteiger partial charge on any atom is 0.338 e. The van der Waals surface area contributed by atoms with Crippen molar-refractivity contribution in [2.45, 2.75) is 6.92 Å². The summed E-state index contributed by atoms with van der Waals surface area (Å²) >= 11 is 0. The number of nitrogens with zero attached hydrogens (tertiary/aromatic N) is 1. The monoisotopic (exact) mass is 344 g/mol. The number of esters is 1. The number of carbonyl (C=O) groups is 1. The molecular formula is C21H16N2O3. The quantitative estimate of drug-likeness (QED) is 0.572. The van der Waals surface area contributed by atoms with Crippen molar-refractivity contribution in [3.8, 4) is 11.1 Å². The zero-order chi connectivity index (χ0) is 18.1. The van der Waals surface area contributed by atoms with E-state index in [9.17, 15) is 9.59 Å². The molecule has 1 heterocycles.